The third kappa shape index (κ3) is 4.17. The van der Waals surface area contributed by atoms with Gasteiger partial charge in [0.05, 0.1) is 12.0 Å². The fraction of sp³-hybridized carbons (Fsp3) is 0.125. The van der Waals surface area contributed by atoms with E-state index in [-0.39, 0.29) is 16.2 Å². The first kappa shape index (κ1) is 16.7. The standard InChI is InChI=1S/C16H14O6S/c1-21-12-5-3-11(4-6-12)15(17)16(18)22-13-7-9-14(10-8-13)23(2,19)20/h3-10H,1-2H3. The fourth-order valence-corrected chi connectivity index (χ4v) is 2.40. The maximum Gasteiger partial charge on any atom is 0.385 e. The molecule has 6 nitrogen and oxygen atoms in total. The average Bonchev–Trinajstić information content (AvgIpc) is 2.54. The second kappa shape index (κ2) is 6.62. The van der Waals surface area contributed by atoms with Crippen LogP contribution >= 0.6 is 0 Å². The Balaban J connectivity index is 2.10. The van der Waals surface area contributed by atoms with Crippen LogP contribution in [0.3, 0.4) is 0 Å². The fourth-order valence-electron chi connectivity index (χ4n) is 1.77. The maximum atomic E-state index is 12.0. The summed E-state index contributed by atoms with van der Waals surface area (Å²) >= 11 is 0. The molecule has 0 atom stereocenters. The largest absolute Gasteiger partial charge is 0.497 e. The van der Waals surface area contributed by atoms with E-state index in [1.807, 2.05) is 0 Å². The van der Waals surface area contributed by atoms with Crippen molar-refractivity contribution in [2.45, 2.75) is 4.90 Å². The van der Waals surface area contributed by atoms with Gasteiger partial charge in [-0.2, -0.15) is 0 Å². The van der Waals surface area contributed by atoms with Crippen molar-refractivity contribution in [3.63, 3.8) is 0 Å². The first-order valence-corrected chi connectivity index (χ1v) is 8.41. The lowest BCUT2D eigenvalue weighted by molar-refractivity contribution is -0.129. The van der Waals surface area contributed by atoms with Crippen molar-refractivity contribution >= 4 is 21.6 Å². The maximum absolute atomic E-state index is 12.0. The first-order valence-electron chi connectivity index (χ1n) is 6.52. The molecule has 2 aromatic rings. The van der Waals surface area contributed by atoms with E-state index in [4.69, 9.17) is 9.47 Å². The van der Waals surface area contributed by atoms with E-state index in [0.29, 0.717) is 5.75 Å². The summed E-state index contributed by atoms with van der Waals surface area (Å²) in [5.41, 5.74) is 0.170. The van der Waals surface area contributed by atoms with Crippen molar-refractivity contribution in [2.24, 2.45) is 0 Å². The smallest absolute Gasteiger partial charge is 0.385 e. The minimum absolute atomic E-state index is 0.0873. The van der Waals surface area contributed by atoms with Gasteiger partial charge in [-0.3, -0.25) is 4.79 Å². The van der Waals surface area contributed by atoms with Gasteiger partial charge in [-0.05, 0) is 48.5 Å². The molecule has 0 aliphatic rings. The van der Waals surface area contributed by atoms with Crippen LogP contribution in [0.15, 0.2) is 53.4 Å². The number of ether oxygens (including phenoxy) is 2. The number of sulfone groups is 1. The number of hydrogen-bond acceptors (Lipinski definition) is 6. The molecule has 0 bridgehead atoms. The normalized spacial score (nSPS) is 10.9. The lowest BCUT2D eigenvalue weighted by Gasteiger charge is -2.05. The highest BCUT2D eigenvalue weighted by Crippen LogP contribution is 2.17. The highest BCUT2D eigenvalue weighted by atomic mass is 32.2. The Bertz CT molecular complexity index is 820. The number of hydrogen-bond donors (Lipinski definition) is 0. The van der Waals surface area contributed by atoms with Crippen molar-refractivity contribution < 1.29 is 27.5 Å². The summed E-state index contributed by atoms with van der Waals surface area (Å²) in [5, 5.41) is 0. The van der Waals surface area contributed by atoms with Gasteiger partial charge in [0.1, 0.15) is 11.5 Å². The molecule has 2 rings (SSSR count). The van der Waals surface area contributed by atoms with Gasteiger partial charge in [0, 0.05) is 11.8 Å². The third-order valence-corrected chi connectivity index (χ3v) is 4.13. The molecule has 2 aromatic carbocycles. The van der Waals surface area contributed by atoms with E-state index < -0.39 is 21.6 Å². The molecule has 0 amide bonds. The quantitative estimate of drug-likeness (QED) is 0.359. The van der Waals surface area contributed by atoms with E-state index in [9.17, 15) is 18.0 Å². The van der Waals surface area contributed by atoms with E-state index in [2.05, 4.69) is 0 Å². The summed E-state index contributed by atoms with van der Waals surface area (Å²) in [7, 11) is -1.84. The zero-order valence-electron chi connectivity index (χ0n) is 12.5. The average molecular weight is 334 g/mol. The minimum Gasteiger partial charge on any atom is -0.497 e. The SMILES string of the molecule is COc1ccc(C(=O)C(=O)Oc2ccc(S(C)(=O)=O)cc2)cc1. The monoisotopic (exact) mass is 334 g/mol. The molecule has 0 aromatic heterocycles. The molecule has 0 spiro atoms. The topological polar surface area (TPSA) is 86.7 Å². The van der Waals surface area contributed by atoms with Crippen LogP contribution in [0.4, 0.5) is 0 Å². The Kier molecular flexibility index (Phi) is 4.80. The number of esters is 1. The van der Waals surface area contributed by atoms with Crippen LogP contribution < -0.4 is 9.47 Å². The zero-order valence-corrected chi connectivity index (χ0v) is 13.3. The molecule has 0 saturated heterocycles. The molecule has 0 aliphatic carbocycles. The molecule has 120 valence electrons. The van der Waals surface area contributed by atoms with E-state index >= 15 is 0 Å². The number of Topliss-reactive ketones (excluding diaryl/α,β-unsaturated/α-hetero) is 1. The van der Waals surface area contributed by atoms with Gasteiger partial charge in [0.15, 0.2) is 9.84 Å². The molecular weight excluding hydrogens is 320 g/mol. The zero-order chi connectivity index (χ0) is 17.0. The second-order valence-corrected chi connectivity index (χ2v) is 6.71. The van der Waals surface area contributed by atoms with Crippen LogP contribution in [0.1, 0.15) is 10.4 Å². The molecule has 0 N–H and O–H groups in total. The Hall–Kier alpha value is -2.67. The van der Waals surface area contributed by atoms with Crippen molar-refractivity contribution in [2.75, 3.05) is 13.4 Å². The second-order valence-electron chi connectivity index (χ2n) is 4.69. The molecule has 0 fully saturated rings. The lowest BCUT2D eigenvalue weighted by Crippen LogP contribution is -2.20. The van der Waals surface area contributed by atoms with Crippen LogP contribution in [0, 0.1) is 0 Å². The predicted octanol–water partition coefficient (Wildman–Crippen LogP) is 1.89. The van der Waals surface area contributed by atoms with Crippen LogP contribution in [0.5, 0.6) is 11.5 Å². The highest BCUT2D eigenvalue weighted by Gasteiger charge is 2.19. The molecule has 0 unspecified atom stereocenters. The number of ketones is 1. The number of carbonyl (C=O) groups excluding carboxylic acids is 2. The Labute approximate surface area is 133 Å². The molecular formula is C16H14O6S. The van der Waals surface area contributed by atoms with Gasteiger partial charge in [-0.15, -0.1) is 0 Å². The molecule has 0 aliphatic heterocycles. The van der Waals surface area contributed by atoms with Crippen LogP contribution in [0.2, 0.25) is 0 Å². The van der Waals surface area contributed by atoms with E-state index in [1.165, 1.54) is 43.5 Å². The number of carbonyl (C=O) groups is 2. The minimum atomic E-state index is -3.33. The number of benzene rings is 2. The first-order chi connectivity index (χ1) is 10.8. The van der Waals surface area contributed by atoms with Crippen LogP contribution in [-0.2, 0) is 14.6 Å². The van der Waals surface area contributed by atoms with Crippen LogP contribution in [-0.4, -0.2) is 33.5 Å². The van der Waals surface area contributed by atoms with Crippen molar-refractivity contribution in [1.82, 2.24) is 0 Å². The molecule has 7 heteroatoms. The Morgan fingerprint density at radius 2 is 1.39 bits per heavy atom. The molecule has 23 heavy (non-hydrogen) atoms. The summed E-state index contributed by atoms with van der Waals surface area (Å²) in [6, 6.07) is 11.3. The van der Waals surface area contributed by atoms with Crippen molar-refractivity contribution in [3.05, 3.63) is 54.1 Å². The molecule has 0 radical (unpaired) electrons. The number of methoxy groups -OCH3 is 1. The molecule has 0 heterocycles. The Morgan fingerprint density at radius 3 is 1.87 bits per heavy atom. The summed E-state index contributed by atoms with van der Waals surface area (Å²) in [4.78, 5) is 23.9. The summed E-state index contributed by atoms with van der Waals surface area (Å²) < 4.78 is 32.6. The predicted molar refractivity (Wildman–Crippen MR) is 82.5 cm³/mol. The van der Waals surface area contributed by atoms with E-state index in [0.717, 1.165) is 6.26 Å². The van der Waals surface area contributed by atoms with Gasteiger partial charge < -0.3 is 9.47 Å². The van der Waals surface area contributed by atoms with Gasteiger partial charge in [0.25, 0.3) is 5.78 Å². The van der Waals surface area contributed by atoms with Crippen LogP contribution in [0.25, 0.3) is 0 Å². The lowest BCUT2D eigenvalue weighted by atomic mass is 10.1. The van der Waals surface area contributed by atoms with E-state index in [1.54, 1.807) is 12.1 Å². The molecule has 0 saturated carbocycles. The Morgan fingerprint density at radius 1 is 0.870 bits per heavy atom. The number of rotatable bonds is 5. The summed E-state index contributed by atoms with van der Waals surface area (Å²) in [6.07, 6.45) is 1.07. The van der Waals surface area contributed by atoms with Gasteiger partial charge in [0.2, 0.25) is 0 Å². The van der Waals surface area contributed by atoms with Gasteiger partial charge in [-0.1, -0.05) is 0 Å². The third-order valence-electron chi connectivity index (χ3n) is 3.00. The van der Waals surface area contributed by atoms with Crippen molar-refractivity contribution in [3.8, 4) is 11.5 Å². The summed E-state index contributed by atoms with van der Waals surface area (Å²) in [6.45, 7) is 0. The summed E-state index contributed by atoms with van der Waals surface area (Å²) in [5.74, 6) is -1.21. The van der Waals surface area contributed by atoms with Crippen molar-refractivity contribution in [1.29, 1.82) is 0 Å². The van der Waals surface area contributed by atoms with Gasteiger partial charge >= 0.3 is 5.97 Å². The highest BCUT2D eigenvalue weighted by molar-refractivity contribution is 7.90. The van der Waals surface area contributed by atoms with Gasteiger partial charge in [-0.25, -0.2) is 13.2 Å².